The number of carbonyl (C=O) groups excluding carboxylic acids is 1. The van der Waals surface area contributed by atoms with Gasteiger partial charge in [0.05, 0.1) is 0 Å². The first-order chi connectivity index (χ1) is 7.10. The smallest absolute Gasteiger partial charge is 0.166 e. The lowest BCUT2D eigenvalue weighted by Crippen LogP contribution is -2.14. The summed E-state index contributed by atoms with van der Waals surface area (Å²) in [4.78, 5) is 12.0. The normalized spacial score (nSPS) is 10.7. The molecule has 15 heavy (non-hydrogen) atoms. The zero-order valence-corrected chi connectivity index (χ0v) is 11.0. The molecular formula is C12H14FIO. The molecule has 0 N–H and O–H groups in total. The van der Waals surface area contributed by atoms with E-state index in [9.17, 15) is 9.18 Å². The third-order valence-corrected chi connectivity index (χ3v) is 3.45. The molecule has 0 aromatic heterocycles. The molecule has 0 amide bonds. The molecule has 1 aromatic carbocycles. The topological polar surface area (TPSA) is 17.1 Å². The molecule has 1 aromatic rings. The number of hydrogen-bond donors (Lipinski definition) is 0. The lowest BCUT2D eigenvalue weighted by Gasteiger charge is -2.12. The van der Waals surface area contributed by atoms with Gasteiger partial charge in [-0.25, -0.2) is 4.39 Å². The standard InChI is InChI=1S/C12H14FIO/c1-3-8(4-2)12(15)10-6-5-9(13)7-11(10)14/h5-8H,3-4H2,1-2H3. The zero-order valence-electron chi connectivity index (χ0n) is 8.89. The highest BCUT2D eigenvalue weighted by molar-refractivity contribution is 14.1. The van der Waals surface area contributed by atoms with Gasteiger partial charge in [0.2, 0.25) is 0 Å². The second-order valence-corrected chi connectivity index (χ2v) is 4.66. The zero-order chi connectivity index (χ0) is 11.4. The quantitative estimate of drug-likeness (QED) is 0.604. The highest BCUT2D eigenvalue weighted by Crippen LogP contribution is 2.21. The molecule has 0 heterocycles. The third kappa shape index (κ3) is 3.00. The summed E-state index contributed by atoms with van der Waals surface area (Å²) in [6.45, 7) is 4.00. The van der Waals surface area contributed by atoms with E-state index in [0.717, 1.165) is 12.8 Å². The van der Waals surface area contributed by atoms with Gasteiger partial charge in [-0.2, -0.15) is 0 Å². The van der Waals surface area contributed by atoms with Gasteiger partial charge in [0.15, 0.2) is 5.78 Å². The van der Waals surface area contributed by atoms with E-state index < -0.39 is 0 Å². The Bertz CT molecular complexity index is 359. The van der Waals surface area contributed by atoms with E-state index in [4.69, 9.17) is 0 Å². The van der Waals surface area contributed by atoms with Crippen molar-refractivity contribution in [1.29, 1.82) is 0 Å². The predicted molar refractivity (Wildman–Crippen MR) is 67.5 cm³/mol. The van der Waals surface area contributed by atoms with Gasteiger partial charge in [0.25, 0.3) is 0 Å². The molecular weight excluding hydrogens is 306 g/mol. The van der Waals surface area contributed by atoms with Crippen LogP contribution in [0.5, 0.6) is 0 Å². The first kappa shape index (κ1) is 12.6. The molecule has 0 radical (unpaired) electrons. The molecule has 0 atom stereocenters. The fraction of sp³-hybridized carbons (Fsp3) is 0.417. The van der Waals surface area contributed by atoms with E-state index in [1.54, 1.807) is 6.07 Å². The first-order valence-electron chi connectivity index (χ1n) is 5.09. The second-order valence-electron chi connectivity index (χ2n) is 3.50. The van der Waals surface area contributed by atoms with Crippen LogP contribution < -0.4 is 0 Å². The summed E-state index contributed by atoms with van der Waals surface area (Å²) in [5, 5.41) is 0. The fourth-order valence-corrected chi connectivity index (χ4v) is 2.31. The van der Waals surface area contributed by atoms with E-state index in [1.165, 1.54) is 12.1 Å². The maximum Gasteiger partial charge on any atom is 0.166 e. The van der Waals surface area contributed by atoms with Gasteiger partial charge in [-0.1, -0.05) is 13.8 Å². The number of rotatable bonds is 4. The molecule has 3 heteroatoms. The number of hydrogen-bond acceptors (Lipinski definition) is 1. The Balaban J connectivity index is 3.00. The SMILES string of the molecule is CCC(CC)C(=O)c1ccc(F)cc1I. The van der Waals surface area contributed by atoms with Crippen molar-refractivity contribution in [2.75, 3.05) is 0 Å². The minimum Gasteiger partial charge on any atom is -0.294 e. The largest absolute Gasteiger partial charge is 0.294 e. The van der Waals surface area contributed by atoms with E-state index in [2.05, 4.69) is 0 Å². The molecule has 0 aliphatic heterocycles. The van der Waals surface area contributed by atoms with Crippen molar-refractivity contribution in [2.24, 2.45) is 5.92 Å². The van der Waals surface area contributed by atoms with Crippen molar-refractivity contribution in [3.05, 3.63) is 33.1 Å². The van der Waals surface area contributed by atoms with Crippen molar-refractivity contribution in [1.82, 2.24) is 0 Å². The summed E-state index contributed by atoms with van der Waals surface area (Å²) in [7, 11) is 0. The van der Waals surface area contributed by atoms with Crippen molar-refractivity contribution in [3.8, 4) is 0 Å². The molecule has 0 bridgehead atoms. The lowest BCUT2D eigenvalue weighted by atomic mass is 9.93. The molecule has 1 nitrogen and oxygen atoms in total. The minimum atomic E-state index is -0.291. The highest BCUT2D eigenvalue weighted by atomic mass is 127. The van der Waals surface area contributed by atoms with Gasteiger partial charge >= 0.3 is 0 Å². The van der Waals surface area contributed by atoms with Crippen molar-refractivity contribution >= 4 is 28.4 Å². The molecule has 0 saturated heterocycles. The van der Waals surface area contributed by atoms with Crippen LogP contribution in [-0.4, -0.2) is 5.78 Å². The van der Waals surface area contributed by atoms with Crippen LogP contribution in [0.15, 0.2) is 18.2 Å². The van der Waals surface area contributed by atoms with E-state index in [-0.39, 0.29) is 17.5 Å². The van der Waals surface area contributed by atoms with Crippen LogP contribution in [0.1, 0.15) is 37.0 Å². The monoisotopic (exact) mass is 320 g/mol. The number of halogens is 2. The van der Waals surface area contributed by atoms with Gasteiger partial charge < -0.3 is 0 Å². The Hall–Kier alpha value is -0.450. The molecule has 1 rings (SSSR count). The summed E-state index contributed by atoms with van der Waals surface area (Å²) in [6, 6.07) is 4.33. The van der Waals surface area contributed by atoms with E-state index in [1.807, 2.05) is 36.4 Å². The Kier molecular flexibility index (Phi) is 4.70. The summed E-state index contributed by atoms with van der Waals surface area (Å²) in [5.41, 5.74) is 0.644. The minimum absolute atomic E-state index is 0.0592. The number of benzene rings is 1. The summed E-state index contributed by atoms with van der Waals surface area (Å²) in [5.74, 6) is -0.103. The Labute approximate surface area is 103 Å². The number of Topliss-reactive ketones (excluding diaryl/α,β-unsaturated/α-hetero) is 1. The Morgan fingerprint density at radius 2 is 2.00 bits per heavy atom. The van der Waals surface area contributed by atoms with Crippen LogP contribution in [0.2, 0.25) is 0 Å². The maximum atomic E-state index is 12.9. The van der Waals surface area contributed by atoms with Crippen LogP contribution >= 0.6 is 22.6 Å². The molecule has 0 saturated carbocycles. The second kappa shape index (κ2) is 5.58. The Morgan fingerprint density at radius 1 is 1.40 bits per heavy atom. The summed E-state index contributed by atoms with van der Waals surface area (Å²) in [6.07, 6.45) is 1.67. The fourth-order valence-electron chi connectivity index (χ4n) is 1.57. The van der Waals surface area contributed by atoms with Crippen LogP contribution in [0, 0.1) is 15.3 Å². The van der Waals surface area contributed by atoms with Gasteiger partial charge in [-0.05, 0) is 53.6 Å². The van der Waals surface area contributed by atoms with Gasteiger partial charge in [0.1, 0.15) is 5.82 Å². The highest BCUT2D eigenvalue weighted by Gasteiger charge is 2.18. The van der Waals surface area contributed by atoms with Crippen LogP contribution in [0.3, 0.4) is 0 Å². The van der Waals surface area contributed by atoms with Gasteiger partial charge in [-0.15, -0.1) is 0 Å². The number of ketones is 1. The van der Waals surface area contributed by atoms with E-state index in [0.29, 0.717) is 9.13 Å². The van der Waals surface area contributed by atoms with Crippen LogP contribution in [-0.2, 0) is 0 Å². The molecule has 82 valence electrons. The Morgan fingerprint density at radius 3 is 2.47 bits per heavy atom. The molecule has 0 aliphatic carbocycles. The number of carbonyl (C=O) groups is 1. The molecule has 0 spiro atoms. The predicted octanol–water partition coefficient (Wildman–Crippen LogP) is 4.05. The molecule has 0 fully saturated rings. The van der Waals surface area contributed by atoms with E-state index >= 15 is 0 Å². The van der Waals surface area contributed by atoms with Gasteiger partial charge in [-0.3, -0.25) is 4.79 Å². The van der Waals surface area contributed by atoms with Crippen LogP contribution in [0.25, 0.3) is 0 Å². The average molecular weight is 320 g/mol. The van der Waals surface area contributed by atoms with Crippen molar-refractivity contribution < 1.29 is 9.18 Å². The summed E-state index contributed by atoms with van der Waals surface area (Å²) < 4.78 is 13.6. The lowest BCUT2D eigenvalue weighted by molar-refractivity contribution is 0.0912. The van der Waals surface area contributed by atoms with Crippen LogP contribution in [0.4, 0.5) is 4.39 Å². The van der Waals surface area contributed by atoms with Gasteiger partial charge in [0, 0.05) is 15.1 Å². The van der Waals surface area contributed by atoms with Crippen molar-refractivity contribution in [3.63, 3.8) is 0 Å². The first-order valence-corrected chi connectivity index (χ1v) is 6.17. The third-order valence-electron chi connectivity index (χ3n) is 2.55. The maximum absolute atomic E-state index is 12.9. The molecule has 0 aliphatic rings. The van der Waals surface area contributed by atoms with Crippen molar-refractivity contribution in [2.45, 2.75) is 26.7 Å². The summed E-state index contributed by atoms with van der Waals surface area (Å²) >= 11 is 2.01. The molecule has 0 unspecified atom stereocenters. The average Bonchev–Trinajstić information content (AvgIpc) is 2.19.